The fourth-order valence-corrected chi connectivity index (χ4v) is 5.46. The lowest BCUT2D eigenvalue weighted by Gasteiger charge is -2.19. The zero-order valence-corrected chi connectivity index (χ0v) is 16.6. The summed E-state index contributed by atoms with van der Waals surface area (Å²) in [6.07, 6.45) is 4.27. The Balaban J connectivity index is 2.34. The van der Waals surface area contributed by atoms with Crippen molar-refractivity contribution in [1.29, 1.82) is 0 Å². The van der Waals surface area contributed by atoms with Crippen LogP contribution in [0.5, 0.6) is 0 Å². The van der Waals surface area contributed by atoms with Crippen LogP contribution in [0.3, 0.4) is 0 Å². The molecule has 0 spiro atoms. The molecule has 8 heteroatoms. The molecule has 1 aromatic heterocycles. The van der Waals surface area contributed by atoms with Gasteiger partial charge in [0.15, 0.2) is 9.84 Å². The van der Waals surface area contributed by atoms with Crippen LogP contribution in [0.25, 0.3) is 0 Å². The maximum Gasteiger partial charge on any atom is 0.211 e. The number of aromatic nitrogens is 1. The Morgan fingerprint density at radius 1 is 1.08 bits per heavy atom. The number of nitrogens with one attached hydrogen (secondary N) is 1. The highest BCUT2D eigenvalue weighted by molar-refractivity contribution is 7.92. The lowest BCUT2D eigenvalue weighted by molar-refractivity contribution is 0.566. The summed E-state index contributed by atoms with van der Waals surface area (Å²) in [6.45, 7) is 3.54. The Hall–Kier alpha value is -1.77. The van der Waals surface area contributed by atoms with E-state index in [-0.39, 0.29) is 17.2 Å². The fourth-order valence-electron chi connectivity index (χ4n) is 2.47. The predicted molar refractivity (Wildman–Crippen MR) is 102 cm³/mol. The minimum Gasteiger partial charge on any atom is -0.264 e. The average molecular weight is 397 g/mol. The van der Waals surface area contributed by atoms with E-state index < -0.39 is 25.1 Å². The number of sulfonamides is 1. The molecule has 0 saturated heterocycles. The standard InChI is InChI=1S/C18H24N2O4S2/c1-3-4-12-25(21,22)20-14-18(16-6-5-11-19-13-16)26(23,24)17-9-7-15(2)8-10-17/h5-11,13,18,20H,3-4,12,14H2,1-2H3/t18-/m1/s1. The number of unbranched alkanes of at least 4 members (excludes halogenated alkanes) is 1. The predicted octanol–water partition coefficient (Wildman–Crippen LogP) is 2.62. The van der Waals surface area contributed by atoms with Gasteiger partial charge in [0.05, 0.1) is 10.6 Å². The SMILES string of the molecule is CCCCS(=O)(=O)NC[C@H](c1cccnc1)S(=O)(=O)c1ccc(C)cc1. The van der Waals surface area contributed by atoms with Crippen LogP contribution in [0.15, 0.2) is 53.7 Å². The van der Waals surface area contributed by atoms with Crippen LogP contribution in [-0.4, -0.2) is 34.1 Å². The van der Waals surface area contributed by atoms with Crippen molar-refractivity contribution in [2.45, 2.75) is 36.8 Å². The smallest absolute Gasteiger partial charge is 0.211 e. The molecule has 0 aliphatic rings. The summed E-state index contributed by atoms with van der Waals surface area (Å²) in [4.78, 5) is 4.14. The third kappa shape index (κ3) is 5.36. The van der Waals surface area contributed by atoms with Gasteiger partial charge in [0.25, 0.3) is 0 Å². The van der Waals surface area contributed by atoms with Crippen molar-refractivity contribution >= 4 is 19.9 Å². The topological polar surface area (TPSA) is 93.2 Å². The molecule has 1 N–H and O–H groups in total. The Bertz CT molecular complexity index is 909. The summed E-state index contributed by atoms with van der Waals surface area (Å²) in [5.74, 6) is -0.0200. The van der Waals surface area contributed by atoms with Gasteiger partial charge in [0, 0.05) is 18.9 Å². The largest absolute Gasteiger partial charge is 0.264 e. The third-order valence-corrected chi connectivity index (χ3v) is 7.59. The molecule has 0 amide bonds. The highest BCUT2D eigenvalue weighted by atomic mass is 32.2. The Labute approximate surface area is 155 Å². The van der Waals surface area contributed by atoms with Gasteiger partial charge in [-0.25, -0.2) is 21.6 Å². The molecule has 1 heterocycles. The van der Waals surface area contributed by atoms with Gasteiger partial charge in [-0.15, -0.1) is 0 Å². The first-order valence-electron chi connectivity index (χ1n) is 8.44. The molecule has 0 aliphatic heterocycles. The molecule has 0 aliphatic carbocycles. The van der Waals surface area contributed by atoms with Crippen molar-refractivity contribution in [3.63, 3.8) is 0 Å². The maximum atomic E-state index is 13.1. The van der Waals surface area contributed by atoms with Crippen molar-refractivity contribution in [2.24, 2.45) is 0 Å². The number of benzene rings is 1. The van der Waals surface area contributed by atoms with E-state index in [1.54, 1.807) is 42.6 Å². The highest BCUT2D eigenvalue weighted by Gasteiger charge is 2.30. The summed E-state index contributed by atoms with van der Waals surface area (Å²) in [7, 11) is -7.31. The van der Waals surface area contributed by atoms with Crippen LogP contribution < -0.4 is 4.72 Å². The second-order valence-corrected chi connectivity index (χ2v) is 10.2. The molecule has 1 aromatic carbocycles. The zero-order chi connectivity index (χ0) is 19.2. The van der Waals surface area contributed by atoms with Gasteiger partial charge in [-0.2, -0.15) is 0 Å². The van der Waals surface area contributed by atoms with Gasteiger partial charge >= 0.3 is 0 Å². The van der Waals surface area contributed by atoms with E-state index in [2.05, 4.69) is 9.71 Å². The quantitative estimate of drug-likeness (QED) is 0.703. The number of nitrogens with zero attached hydrogens (tertiary/aromatic N) is 1. The maximum absolute atomic E-state index is 13.1. The molecule has 142 valence electrons. The van der Waals surface area contributed by atoms with E-state index in [9.17, 15) is 16.8 Å². The molecule has 0 saturated carbocycles. The lowest BCUT2D eigenvalue weighted by Crippen LogP contribution is -2.33. The average Bonchev–Trinajstić information content (AvgIpc) is 2.61. The van der Waals surface area contributed by atoms with Gasteiger partial charge in [0.1, 0.15) is 5.25 Å². The van der Waals surface area contributed by atoms with Crippen LogP contribution in [0.4, 0.5) is 0 Å². The lowest BCUT2D eigenvalue weighted by atomic mass is 10.2. The monoisotopic (exact) mass is 396 g/mol. The summed E-state index contributed by atoms with van der Waals surface area (Å²) < 4.78 is 52.9. The molecule has 2 aromatic rings. The molecular formula is C18H24N2O4S2. The van der Waals surface area contributed by atoms with E-state index in [0.29, 0.717) is 12.0 Å². The number of sulfone groups is 1. The molecule has 2 rings (SSSR count). The van der Waals surface area contributed by atoms with Gasteiger partial charge in [-0.3, -0.25) is 4.98 Å². The number of rotatable bonds is 9. The minimum atomic E-state index is -3.78. The van der Waals surface area contributed by atoms with E-state index >= 15 is 0 Å². The number of hydrogen-bond acceptors (Lipinski definition) is 5. The van der Waals surface area contributed by atoms with Crippen molar-refractivity contribution in [1.82, 2.24) is 9.71 Å². The first kappa shape index (κ1) is 20.5. The van der Waals surface area contributed by atoms with Gasteiger partial charge in [0.2, 0.25) is 10.0 Å². The van der Waals surface area contributed by atoms with E-state index in [1.165, 1.54) is 6.20 Å². The number of pyridine rings is 1. The van der Waals surface area contributed by atoms with E-state index in [1.807, 2.05) is 13.8 Å². The number of aryl methyl sites for hydroxylation is 1. The molecule has 6 nitrogen and oxygen atoms in total. The summed E-state index contributed by atoms with van der Waals surface area (Å²) in [5.41, 5.74) is 1.40. The molecule has 0 radical (unpaired) electrons. The Morgan fingerprint density at radius 2 is 1.77 bits per heavy atom. The zero-order valence-electron chi connectivity index (χ0n) is 14.9. The molecule has 0 fully saturated rings. The van der Waals surface area contributed by atoms with Gasteiger partial charge < -0.3 is 0 Å². The van der Waals surface area contributed by atoms with Crippen LogP contribution >= 0.6 is 0 Å². The van der Waals surface area contributed by atoms with Crippen molar-refractivity contribution < 1.29 is 16.8 Å². The van der Waals surface area contributed by atoms with Gasteiger partial charge in [-0.05, 0) is 37.1 Å². The fraction of sp³-hybridized carbons (Fsp3) is 0.389. The molecule has 1 atom stereocenters. The van der Waals surface area contributed by atoms with Crippen LogP contribution in [-0.2, 0) is 19.9 Å². The van der Waals surface area contributed by atoms with Crippen LogP contribution in [0.1, 0.15) is 36.1 Å². The highest BCUT2D eigenvalue weighted by Crippen LogP contribution is 2.28. The molecule has 0 bridgehead atoms. The van der Waals surface area contributed by atoms with Crippen molar-refractivity contribution in [3.8, 4) is 0 Å². The van der Waals surface area contributed by atoms with Crippen LogP contribution in [0, 0.1) is 6.92 Å². The Morgan fingerprint density at radius 3 is 2.35 bits per heavy atom. The van der Waals surface area contributed by atoms with Crippen molar-refractivity contribution in [3.05, 3.63) is 59.9 Å². The minimum absolute atomic E-state index is 0.0200. The Kier molecular flexibility index (Phi) is 6.91. The normalized spacial score (nSPS) is 13.5. The third-order valence-electron chi connectivity index (χ3n) is 4.04. The van der Waals surface area contributed by atoms with Crippen molar-refractivity contribution in [2.75, 3.05) is 12.3 Å². The number of hydrogen-bond donors (Lipinski definition) is 1. The first-order valence-corrected chi connectivity index (χ1v) is 11.6. The van der Waals surface area contributed by atoms with E-state index in [0.717, 1.165) is 12.0 Å². The van der Waals surface area contributed by atoms with E-state index in [4.69, 9.17) is 0 Å². The van der Waals surface area contributed by atoms with Crippen LogP contribution in [0.2, 0.25) is 0 Å². The molecular weight excluding hydrogens is 372 g/mol. The summed E-state index contributed by atoms with van der Waals surface area (Å²) >= 11 is 0. The molecule has 26 heavy (non-hydrogen) atoms. The second kappa shape index (κ2) is 8.75. The second-order valence-electron chi connectivity index (χ2n) is 6.15. The first-order chi connectivity index (χ1) is 12.3. The van der Waals surface area contributed by atoms with Gasteiger partial charge in [-0.1, -0.05) is 37.1 Å². The summed E-state index contributed by atoms with van der Waals surface area (Å²) in [6, 6.07) is 9.80. The summed E-state index contributed by atoms with van der Waals surface area (Å²) in [5, 5.41) is -1.05. The molecule has 0 unspecified atom stereocenters.